The summed E-state index contributed by atoms with van der Waals surface area (Å²) in [4.78, 5) is 4.74. The topological polar surface area (TPSA) is 12.9 Å². The molecule has 1 aliphatic rings. The van der Waals surface area contributed by atoms with Gasteiger partial charge in [-0.15, -0.1) is 0 Å². The van der Waals surface area contributed by atoms with Crippen LogP contribution in [0.25, 0.3) is 22.4 Å². The van der Waals surface area contributed by atoms with E-state index in [4.69, 9.17) is 4.98 Å². The van der Waals surface area contributed by atoms with E-state index in [1.54, 1.807) is 0 Å². The lowest BCUT2D eigenvalue weighted by Gasteiger charge is -2.59. The van der Waals surface area contributed by atoms with Crippen LogP contribution in [-0.4, -0.2) is 12.8 Å². The summed E-state index contributed by atoms with van der Waals surface area (Å²) in [5.74, 6) is 2.35. The maximum atomic E-state index is 4.74. The number of nitrogens with zero attached hydrogens (tertiary/aromatic N) is 1. The minimum Gasteiger partial charge on any atom is -0.256 e. The molecular formula is C27H32BN. The lowest BCUT2D eigenvalue weighted by atomic mass is 9.36. The molecule has 0 saturated heterocycles. The SMILES string of the molecule is BC1(c2ccc(-c3ccc(-c4ccccc4C)nc3)cc2)C(C)C(C)C1CCC. The summed E-state index contributed by atoms with van der Waals surface area (Å²) in [6, 6.07) is 22.0. The van der Waals surface area contributed by atoms with Gasteiger partial charge in [-0.25, -0.2) is 0 Å². The number of aryl methyl sites for hydroxylation is 1. The predicted molar refractivity (Wildman–Crippen MR) is 127 cm³/mol. The number of pyridine rings is 1. The molecule has 0 N–H and O–H groups in total. The molecule has 2 aromatic carbocycles. The van der Waals surface area contributed by atoms with Gasteiger partial charge in [0.1, 0.15) is 7.85 Å². The van der Waals surface area contributed by atoms with Gasteiger partial charge >= 0.3 is 0 Å². The van der Waals surface area contributed by atoms with Crippen molar-refractivity contribution in [3.63, 3.8) is 0 Å². The maximum Gasteiger partial charge on any atom is 0.115 e. The van der Waals surface area contributed by atoms with Gasteiger partial charge in [0.25, 0.3) is 0 Å². The molecule has 4 atom stereocenters. The van der Waals surface area contributed by atoms with E-state index in [9.17, 15) is 0 Å². The van der Waals surface area contributed by atoms with Gasteiger partial charge in [0.2, 0.25) is 0 Å². The van der Waals surface area contributed by atoms with Gasteiger partial charge in [0.15, 0.2) is 0 Å². The van der Waals surface area contributed by atoms with Gasteiger partial charge in [0, 0.05) is 17.3 Å². The summed E-state index contributed by atoms with van der Waals surface area (Å²) >= 11 is 0. The molecule has 1 aliphatic carbocycles. The molecule has 29 heavy (non-hydrogen) atoms. The van der Waals surface area contributed by atoms with Crippen molar-refractivity contribution in [2.45, 2.75) is 45.9 Å². The van der Waals surface area contributed by atoms with Crippen LogP contribution in [0.1, 0.15) is 44.7 Å². The average molecular weight is 381 g/mol. The van der Waals surface area contributed by atoms with E-state index in [0.717, 1.165) is 23.4 Å². The molecule has 4 rings (SSSR count). The van der Waals surface area contributed by atoms with Crippen molar-refractivity contribution >= 4 is 7.85 Å². The lowest BCUT2D eigenvalue weighted by molar-refractivity contribution is 0.0183. The van der Waals surface area contributed by atoms with Crippen molar-refractivity contribution in [2.75, 3.05) is 0 Å². The fourth-order valence-corrected chi connectivity index (χ4v) is 5.62. The van der Waals surface area contributed by atoms with E-state index < -0.39 is 0 Å². The van der Waals surface area contributed by atoms with Crippen molar-refractivity contribution in [3.05, 3.63) is 78.0 Å². The van der Waals surface area contributed by atoms with Gasteiger partial charge in [-0.05, 0) is 52.7 Å². The average Bonchev–Trinajstić information content (AvgIpc) is 2.77. The van der Waals surface area contributed by atoms with Crippen molar-refractivity contribution in [2.24, 2.45) is 17.8 Å². The quantitative estimate of drug-likeness (QED) is 0.476. The van der Waals surface area contributed by atoms with Gasteiger partial charge in [0.05, 0.1) is 5.69 Å². The van der Waals surface area contributed by atoms with Crippen LogP contribution < -0.4 is 0 Å². The molecule has 1 nitrogen and oxygen atoms in total. The fraction of sp³-hybridized carbons (Fsp3) is 0.370. The Morgan fingerprint density at radius 1 is 0.931 bits per heavy atom. The van der Waals surface area contributed by atoms with Gasteiger partial charge in [-0.1, -0.05) is 88.2 Å². The van der Waals surface area contributed by atoms with Crippen molar-refractivity contribution < 1.29 is 0 Å². The smallest absolute Gasteiger partial charge is 0.115 e. The van der Waals surface area contributed by atoms with Crippen LogP contribution in [0.5, 0.6) is 0 Å². The molecule has 1 fully saturated rings. The van der Waals surface area contributed by atoms with Crippen molar-refractivity contribution in [3.8, 4) is 22.4 Å². The van der Waals surface area contributed by atoms with E-state index >= 15 is 0 Å². The molecule has 1 heterocycles. The monoisotopic (exact) mass is 381 g/mol. The van der Waals surface area contributed by atoms with Crippen LogP contribution in [0.4, 0.5) is 0 Å². The summed E-state index contributed by atoms with van der Waals surface area (Å²) < 4.78 is 0. The van der Waals surface area contributed by atoms with Crippen LogP contribution in [0.3, 0.4) is 0 Å². The summed E-state index contributed by atoms with van der Waals surface area (Å²) in [6.45, 7) is 9.31. The third kappa shape index (κ3) is 3.33. The molecule has 0 spiro atoms. The molecule has 0 bridgehead atoms. The normalized spacial score (nSPS) is 26.1. The van der Waals surface area contributed by atoms with Crippen LogP contribution in [0.2, 0.25) is 0 Å². The summed E-state index contributed by atoms with van der Waals surface area (Å²) in [6.07, 6.45) is 4.61. The van der Waals surface area contributed by atoms with Crippen LogP contribution >= 0.6 is 0 Å². The number of hydrogen-bond donors (Lipinski definition) is 0. The van der Waals surface area contributed by atoms with Gasteiger partial charge < -0.3 is 0 Å². The van der Waals surface area contributed by atoms with Crippen LogP contribution in [0, 0.1) is 24.7 Å². The highest BCUT2D eigenvalue weighted by molar-refractivity contribution is 6.17. The first kappa shape index (κ1) is 19.9. The molecule has 0 radical (unpaired) electrons. The van der Waals surface area contributed by atoms with Gasteiger partial charge in [-0.2, -0.15) is 0 Å². The Bertz CT molecular complexity index is 976. The van der Waals surface area contributed by atoms with E-state index in [0.29, 0.717) is 5.31 Å². The highest BCUT2D eigenvalue weighted by atomic mass is 14.7. The van der Waals surface area contributed by atoms with E-state index in [1.165, 1.54) is 40.7 Å². The van der Waals surface area contributed by atoms with E-state index in [1.807, 2.05) is 6.20 Å². The fourth-order valence-electron chi connectivity index (χ4n) is 5.62. The van der Waals surface area contributed by atoms with Crippen molar-refractivity contribution in [1.29, 1.82) is 0 Å². The van der Waals surface area contributed by atoms with E-state index in [-0.39, 0.29) is 0 Å². The Morgan fingerprint density at radius 3 is 2.24 bits per heavy atom. The molecule has 0 amide bonds. The standard InChI is InChI=1S/C27H32BN/c1-5-8-25-19(3)20(4)27(25,28)23-14-11-21(12-15-23)22-13-16-26(29-17-22)24-10-7-6-9-18(24)2/h6-7,9-17,19-20,25H,5,8,28H2,1-4H3. The minimum atomic E-state index is 0.306. The Labute approximate surface area is 177 Å². The molecule has 4 unspecified atom stereocenters. The molecule has 3 aromatic rings. The largest absolute Gasteiger partial charge is 0.256 e. The first-order valence-corrected chi connectivity index (χ1v) is 11.1. The Morgan fingerprint density at radius 2 is 1.62 bits per heavy atom. The number of aromatic nitrogens is 1. The zero-order chi connectivity index (χ0) is 20.6. The minimum absolute atomic E-state index is 0.306. The van der Waals surface area contributed by atoms with E-state index in [2.05, 4.69) is 96.2 Å². The first-order chi connectivity index (χ1) is 14.0. The van der Waals surface area contributed by atoms with Crippen molar-refractivity contribution in [1.82, 2.24) is 4.98 Å². The summed E-state index contributed by atoms with van der Waals surface area (Å²) in [5, 5.41) is 0.306. The second-order valence-electron chi connectivity index (χ2n) is 9.15. The first-order valence-electron chi connectivity index (χ1n) is 11.1. The number of rotatable bonds is 5. The summed E-state index contributed by atoms with van der Waals surface area (Å²) in [7, 11) is 2.48. The molecule has 148 valence electrons. The Balaban J connectivity index is 1.58. The zero-order valence-electron chi connectivity index (χ0n) is 18.4. The zero-order valence-corrected chi connectivity index (χ0v) is 18.4. The Hall–Kier alpha value is -2.35. The molecule has 0 aliphatic heterocycles. The predicted octanol–water partition coefficient (Wildman–Crippen LogP) is 6.25. The number of benzene rings is 2. The van der Waals surface area contributed by atoms with Crippen LogP contribution in [0.15, 0.2) is 66.9 Å². The highest BCUT2D eigenvalue weighted by Gasteiger charge is 2.54. The van der Waals surface area contributed by atoms with Gasteiger partial charge in [-0.3, -0.25) is 4.98 Å². The van der Waals surface area contributed by atoms with Crippen LogP contribution in [-0.2, 0) is 5.31 Å². The second kappa shape index (κ2) is 7.82. The second-order valence-corrected chi connectivity index (χ2v) is 9.15. The third-order valence-corrected chi connectivity index (χ3v) is 7.76. The highest BCUT2D eigenvalue weighted by Crippen LogP contribution is 2.56. The number of hydrogen-bond acceptors (Lipinski definition) is 1. The summed E-state index contributed by atoms with van der Waals surface area (Å²) in [5.41, 5.74) is 7.42. The molecular weight excluding hydrogens is 349 g/mol. The lowest BCUT2D eigenvalue weighted by Crippen LogP contribution is -2.58. The molecule has 2 heteroatoms. The third-order valence-electron chi connectivity index (χ3n) is 7.76. The maximum absolute atomic E-state index is 4.74. The Kier molecular flexibility index (Phi) is 5.38. The molecule has 1 saturated carbocycles. The molecule has 1 aromatic heterocycles.